The molecule has 1 N–H and O–H groups in total. The minimum atomic E-state index is -4.79. The zero-order valence-electron chi connectivity index (χ0n) is 14.8. The van der Waals surface area contributed by atoms with Crippen molar-refractivity contribution in [2.45, 2.75) is 25.2 Å². The van der Waals surface area contributed by atoms with Gasteiger partial charge in [-0.3, -0.25) is 9.59 Å². The number of thioether (sulfide) groups is 1. The number of amides is 1. The second-order valence-corrected chi connectivity index (χ2v) is 6.52. The molecule has 0 aliphatic rings. The van der Waals surface area contributed by atoms with Crippen molar-refractivity contribution >= 4 is 29.1 Å². The van der Waals surface area contributed by atoms with Crippen LogP contribution in [0, 0.1) is 18.3 Å². The van der Waals surface area contributed by atoms with Crippen LogP contribution in [-0.4, -0.2) is 28.8 Å². The number of anilines is 1. The third-order valence-corrected chi connectivity index (χ3v) is 4.38. The third kappa shape index (κ3) is 5.99. The summed E-state index contributed by atoms with van der Waals surface area (Å²) in [5.74, 6) is -1.13. The maximum Gasteiger partial charge on any atom is 0.573 e. The maximum absolute atomic E-state index is 12.1. The molecular weight excluding hydrogens is 395 g/mol. The number of nitriles is 1. The van der Waals surface area contributed by atoms with Gasteiger partial charge in [-0.2, -0.15) is 5.26 Å². The number of hydrogen-bond donors (Lipinski definition) is 1. The van der Waals surface area contributed by atoms with Gasteiger partial charge in [0.15, 0.2) is 5.78 Å². The Hall–Kier alpha value is -3.06. The Labute approximate surface area is 162 Å². The lowest BCUT2D eigenvalue weighted by molar-refractivity contribution is -0.274. The monoisotopic (exact) mass is 409 g/mol. The Balaban J connectivity index is 2.00. The third-order valence-electron chi connectivity index (χ3n) is 3.39. The molecule has 1 aromatic carbocycles. The van der Waals surface area contributed by atoms with Gasteiger partial charge in [0.05, 0.1) is 11.3 Å². The van der Waals surface area contributed by atoms with Crippen LogP contribution in [0.25, 0.3) is 0 Å². The number of aromatic nitrogens is 1. The van der Waals surface area contributed by atoms with Gasteiger partial charge in [0.25, 0.3) is 0 Å². The molecule has 10 heteroatoms. The lowest BCUT2D eigenvalue weighted by atomic mass is 10.1. The number of ether oxygens (including phenoxy) is 1. The van der Waals surface area contributed by atoms with E-state index >= 15 is 0 Å². The average molecular weight is 409 g/mol. The molecule has 0 saturated carbocycles. The molecule has 6 nitrogen and oxygen atoms in total. The number of alkyl halides is 3. The van der Waals surface area contributed by atoms with E-state index in [4.69, 9.17) is 0 Å². The highest BCUT2D eigenvalue weighted by Crippen LogP contribution is 2.25. The van der Waals surface area contributed by atoms with Gasteiger partial charge in [-0.1, -0.05) is 11.8 Å². The molecule has 28 heavy (non-hydrogen) atoms. The minimum Gasteiger partial charge on any atom is -0.406 e. The quantitative estimate of drug-likeness (QED) is 0.571. The fourth-order valence-electron chi connectivity index (χ4n) is 2.20. The molecule has 0 spiro atoms. The number of ketones is 1. The highest BCUT2D eigenvalue weighted by atomic mass is 32.2. The van der Waals surface area contributed by atoms with Crippen molar-refractivity contribution in [2.75, 3.05) is 11.1 Å². The molecule has 0 fully saturated rings. The number of rotatable bonds is 6. The summed E-state index contributed by atoms with van der Waals surface area (Å²) in [4.78, 5) is 27.8. The Morgan fingerprint density at radius 2 is 1.93 bits per heavy atom. The van der Waals surface area contributed by atoms with Gasteiger partial charge < -0.3 is 10.1 Å². The van der Waals surface area contributed by atoms with Crippen LogP contribution < -0.4 is 10.1 Å². The minimum absolute atomic E-state index is 0.0820. The summed E-state index contributed by atoms with van der Waals surface area (Å²) in [5.41, 5.74) is 1.26. The Kier molecular flexibility index (Phi) is 6.64. The second kappa shape index (κ2) is 8.75. The largest absolute Gasteiger partial charge is 0.573 e. The zero-order chi connectivity index (χ0) is 20.9. The molecule has 0 saturated heterocycles. The number of nitrogens with one attached hydrogen (secondary N) is 1. The molecule has 0 bridgehead atoms. The number of pyridine rings is 1. The Morgan fingerprint density at radius 1 is 1.29 bits per heavy atom. The van der Waals surface area contributed by atoms with Gasteiger partial charge in [-0.05, 0) is 44.2 Å². The lowest BCUT2D eigenvalue weighted by Crippen LogP contribution is -2.17. The van der Waals surface area contributed by atoms with Crippen molar-refractivity contribution in [3.8, 4) is 11.8 Å². The van der Waals surface area contributed by atoms with E-state index in [1.807, 2.05) is 6.07 Å². The summed E-state index contributed by atoms with van der Waals surface area (Å²) in [5, 5.41) is 12.1. The lowest BCUT2D eigenvalue weighted by Gasteiger charge is -2.10. The van der Waals surface area contributed by atoms with Crippen molar-refractivity contribution in [2.24, 2.45) is 0 Å². The summed E-state index contributed by atoms with van der Waals surface area (Å²) in [6, 6.07) is 8.08. The topological polar surface area (TPSA) is 92.1 Å². The van der Waals surface area contributed by atoms with Crippen molar-refractivity contribution in [3.05, 3.63) is 47.2 Å². The van der Waals surface area contributed by atoms with E-state index in [2.05, 4.69) is 15.0 Å². The number of Topliss-reactive ketones (excluding diaryl/α,β-unsaturated/α-hetero) is 1. The van der Waals surface area contributed by atoms with Gasteiger partial charge in [0.2, 0.25) is 5.91 Å². The fraction of sp³-hybridized carbons (Fsp3) is 0.222. The van der Waals surface area contributed by atoms with E-state index in [1.165, 1.54) is 25.1 Å². The van der Waals surface area contributed by atoms with E-state index in [0.717, 1.165) is 23.9 Å². The van der Waals surface area contributed by atoms with Crippen LogP contribution in [0.2, 0.25) is 0 Å². The second-order valence-electron chi connectivity index (χ2n) is 5.55. The van der Waals surface area contributed by atoms with Crippen LogP contribution in [0.3, 0.4) is 0 Å². The zero-order valence-corrected chi connectivity index (χ0v) is 15.6. The summed E-state index contributed by atoms with van der Waals surface area (Å²) in [6.07, 6.45) is -4.79. The SMILES string of the molecule is CC(=O)c1cc(C#N)c(SCC(=O)Nc2ccc(OC(F)(F)F)cc2)nc1C. The average Bonchev–Trinajstić information content (AvgIpc) is 2.60. The van der Waals surface area contributed by atoms with Crippen LogP contribution in [0.4, 0.5) is 18.9 Å². The number of nitrogens with zero attached hydrogens (tertiary/aromatic N) is 2. The molecule has 0 aliphatic carbocycles. The van der Waals surface area contributed by atoms with Gasteiger partial charge in [0, 0.05) is 16.9 Å². The molecule has 1 amide bonds. The summed E-state index contributed by atoms with van der Waals surface area (Å²) < 4.78 is 40.1. The number of hydrogen-bond acceptors (Lipinski definition) is 6. The van der Waals surface area contributed by atoms with Crippen molar-refractivity contribution in [3.63, 3.8) is 0 Å². The summed E-state index contributed by atoms with van der Waals surface area (Å²) in [7, 11) is 0. The van der Waals surface area contributed by atoms with Crippen LogP contribution >= 0.6 is 11.8 Å². The van der Waals surface area contributed by atoms with Crippen LogP contribution in [0.15, 0.2) is 35.4 Å². The molecule has 0 atom stereocenters. The predicted molar refractivity (Wildman–Crippen MR) is 96.2 cm³/mol. The molecule has 0 unspecified atom stereocenters. The number of halogens is 3. The van der Waals surface area contributed by atoms with Crippen molar-refractivity contribution < 1.29 is 27.5 Å². The fourth-order valence-corrected chi connectivity index (χ4v) is 3.00. The van der Waals surface area contributed by atoms with E-state index < -0.39 is 18.0 Å². The van der Waals surface area contributed by atoms with Gasteiger partial charge in [-0.25, -0.2) is 4.98 Å². The summed E-state index contributed by atoms with van der Waals surface area (Å²) >= 11 is 1.01. The number of benzene rings is 1. The highest BCUT2D eigenvalue weighted by Gasteiger charge is 2.30. The normalized spacial score (nSPS) is 10.9. The van der Waals surface area contributed by atoms with E-state index in [1.54, 1.807) is 6.92 Å². The number of aryl methyl sites for hydroxylation is 1. The van der Waals surface area contributed by atoms with Crippen molar-refractivity contribution in [1.29, 1.82) is 5.26 Å². The Morgan fingerprint density at radius 3 is 2.46 bits per heavy atom. The maximum atomic E-state index is 12.1. The predicted octanol–water partition coefficient (Wildman–Crippen LogP) is 4.09. The van der Waals surface area contributed by atoms with Crippen LogP contribution in [0.1, 0.15) is 28.5 Å². The first-order chi connectivity index (χ1) is 13.1. The molecule has 1 heterocycles. The molecule has 2 aromatic rings. The highest BCUT2D eigenvalue weighted by molar-refractivity contribution is 8.00. The first-order valence-electron chi connectivity index (χ1n) is 7.80. The van der Waals surface area contributed by atoms with Gasteiger partial charge in [-0.15, -0.1) is 13.2 Å². The van der Waals surface area contributed by atoms with Gasteiger partial charge in [0.1, 0.15) is 16.8 Å². The van der Waals surface area contributed by atoms with Crippen LogP contribution in [0.5, 0.6) is 5.75 Å². The first-order valence-corrected chi connectivity index (χ1v) is 8.78. The molecule has 1 aromatic heterocycles. The smallest absolute Gasteiger partial charge is 0.406 e. The molecule has 0 aliphatic heterocycles. The van der Waals surface area contributed by atoms with Gasteiger partial charge >= 0.3 is 6.36 Å². The first kappa shape index (κ1) is 21.2. The Bertz CT molecular complexity index is 938. The summed E-state index contributed by atoms with van der Waals surface area (Å²) in [6.45, 7) is 3.00. The molecule has 146 valence electrons. The van der Waals surface area contributed by atoms with E-state index in [9.17, 15) is 28.0 Å². The van der Waals surface area contributed by atoms with Crippen molar-refractivity contribution in [1.82, 2.24) is 4.98 Å². The molecular formula is C18H14F3N3O3S. The molecule has 2 rings (SSSR count). The standard InChI is InChI=1S/C18H14F3N3O3S/c1-10-15(11(2)25)7-12(8-22)17(23-10)28-9-16(26)24-13-3-5-14(6-4-13)27-18(19,20)21/h3-7H,9H2,1-2H3,(H,24,26). The van der Waals surface area contributed by atoms with Crippen LogP contribution in [-0.2, 0) is 4.79 Å². The molecule has 0 radical (unpaired) electrons. The van der Waals surface area contributed by atoms with E-state index in [-0.39, 0.29) is 22.8 Å². The number of carbonyl (C=O) groups is 2. The van der Waals surface area contributed by atoms with E-state index in [0.29, 0.717) is 16.3 Å². The number of carbonyl (C=O) groups excluding carboxylic acids is 2.